The van der Waals surface area contributed by atoms with Crippen molar-refractivity contribution in [3.05, 3.63) is 71.8 Å². The van der Waals surface area contributed by atoms with Crippen molar-refractivity contribution in [2.75, 3.05) is 6.54 Å². The van der Waals surface area contributed by atoms with Crippen molar-refractivity contribution in [3.8, 4) is 0 Å². The van der Waals surface area contributed by atoms with Crippen LogP contribution in [-0.2, 0) is 46.4 Å². The van der Waals surface area contributed by atoms with Crippen molar-refractivity contribution in [3.63, 3.8) is 0 Å². The maximum absolute atomic E-state index is 13.2. The second kappa shape index (κ2) is 30.7. The van der Waals surface area contributed by atoms with Gasteiger partial charge < -0.3 is 42.5 Å². The van der Waals surface area contributed by atoms with E-state index in [4.69, 9.17) is 5.73 Å². The maximum atomic E-state index is 13.2. The molecule has 0 spiro atoms. The second-order valence-corrected chi connectivity index (χ2v) is 16.6. The van der Waals surface area contributed by atoms with Gasteiger partial charge in [0.1, 0.15) is 24.2 Å². The van der Waals surface area contributed by atoms with Crippen molar-refractivity contribution in [2.24, 2.45) is 11.7 Å². The van der Waals surface area contributed by atoms with Gasteiger partial charge in [-0.05, 0) is 49.7 Å². The van der Waals surface area contributed by atoms with E-state index in [9.17, 15) is 43.8 Å². The summed E-state index contributed by atoms with van der Waals surface area (Å²) in [5.41, 5.74) is 7.11. The first-order valence-corrected chi connectivity index (χ1v) is 22.4. The second-order valence-electron chi connectivity index (χ2n) is 16.6. The molecule has 0 heterocycles. The molecule has 0 bridgehead atoms. The summed E-state index contributed by atoms with van der Waals surface area (Å²) in [4.78, 5) is 87.7. The highest BCUT2D eigenvalue weighted by Crippen LogP contribution is 2.14. The predicted molar refractivity (Wildman–Crippen MR) is 238 cm³/mol. The Hall–Kier alpha value is -5.31. The lowest BCUT2D eigenvalue weighted by molar-refractivity contribution is -0.142. The van der Waals surface area contributed by atoms with E-state index in [2.05, 4.69) is 26.6 Å². The molecule has 0 aliphatic heterocycles. The van der Waals surface area contributed by atoms with Gasteiger partial charge in [0.2, 0.25) is 35.4 Å². The average Bonchev–Trinajstić information content (AvgIpc) is 3.22. The molecule has 2 rings (SSSR count). The highest BCUT2D eigenvalue weighted by atomic mass is 16.4. The number of aliphatic hydroxyl groups is 1. The number of rotatable bonds is 33. The van der Waals surface area contributed by atoms with Gasteiger partial charge in [-0.15, -0.1) is 0 Å². The third-order valence-corrected chi connectivity index (χ3v) is 10.5. The van der Waals surface area contributed by atoms with Crippen LogP contribution in [0.15, 0.2) is 60.7 Å². The van der Waals surface area contributed by atoms with Gasteiger partial charge in [0.25, 0.3) is 0 Å². The lowest BCUT2D eigenvalue weighted by atomic mass is 10.0. The van der Waals surface area contributed by atoms with Gasteiger partial charge in [0.15, 0.2) is 0 Å². The first-order chi connectivity index (χ1) is 29.7. The molecular weight excluding hydrogens is 793 g/mol. The molecule has 0 unspecified atom stereocenters. The molecule has 15 heteroatoms. The quantitative estimate of drug-likeness (QED) is 0.0474. The van der Waals surface area contributed by atoms with Crippen LogP contribution in [0.1, 0.15) is 135 Å². The summed E-state index contributed by atoms with van der Waals surface area (Å²) < 4.78 is 0. The zero-order valence-electron chi connectivity index (χ0n) is 37.0. The number of unbranched alkanes of at least 4 members (excludes halogenated alkanes) is 11. The number of hydrogen-bond donors (Lipinski definition) is 8. The van der Waals surface area contributed by atoms with E-state index >= 15 is 0 Å². The summed E-state index contributed by atoms with van der Waals surface area (Å²) in [5.74, 6) is -4.30. The number of hydrogen-bond acceptors (Lipinski definition) is 8. The van der Waals surface area contributed by atoms with Gasteiger partial charge in [0.05, 0.1) is 12.5 Å². The lowest BCUT2D eigenvalue weighted by Gasteiger charge is -2.25. The molecule has 0 saturated heterocycles. The van der Waals surface area contributed by atoms with Gasteiger partial charge in [-0.25, -0.2) is 4.79 Å². The standard InChI is InChI=1S/C47H72N6O9/c1-33(2)30-37(44(58)49-29-28-35-22-16-14-17-23-35)51-46(60)43(34(3)54)53-42(57)27-21-13-11-9-7-5-4-6-8-10-12-20-26-41(56)50-38(32-40(48)55)45(59)52-39(47(61)62)31-36-24-18-15-19-25-36/h14-19,22-25,33-34,37-39,43,54H,4-13,20-21,26-32H2,1-3H3,(H2,48,55)(H,49,58)(H,50,56)(H,51,60)(H,52,59)(H,53,57)(H,61,62)/t34-,37+,38+,39+,43+/m1/s1. The molecule has 0 fully saturated rings. The van der Waals surface area contributed by atoms with Crippen LogP contribution in [0.3, 0.4) is 0 Å². The van der Waals surface area contributed by atoms with Crippen molar-refractivity contribution in [1.29, 1.82) is 0 Å². The molecule has 9 N–H and O–H groups in total. The predicted octanol–water partition coefficient (Wildman–Crippen LogP) is 4.38. The fourth-order valence-corrected chi connectivity index (χ4v) is 7.05. The molecule has 0 aliphatic carbocycles. The zero-order valence-corrected chi connectivity index (χ0v) is 37.0. The van der Waals surface area contributed by atoms with Crippen LogP contribution in [0.5, 0.6) is 0 Å². The van der Waals surface area contributed by atoms with Crippen LogP contribution >= 0.6 is 0 Å². The molecule has 15 nitrogen and oxygen atoms in total. The topological polar surface area (TPSA) is 246 Å². The Labute approximate surface area is 367 Å². The number of benzene rings is 2. The van der Waals surface area contributed by atoms with Gasteiger partial charge in [0, 0.05) is 25.8 Å². The number of aliphatic carboxylic acids is 1. The summed E-state index contributed by atoms with van der Waals surface area (Å²) in [6.07, 6.45) is 11.3. The van der Waals surface area contributed by atoms with E-state index in [0.717, 1.165) is 69.8 Å². The molecule has 0 aliphatic rings. The van der Waals surface area contributed by atoms with Gasteiger partial charge in [-0.2, -0.15) is 0 Å². The SMILES string of the molecule is CC(C)C[C@H](NC(=O)[C@@H](NC(=O)CCCCCCCCCCCCCCC(=O)N[C@@H](CC(N)=O)C(=O)N[C@@H](Cc1ccccc1)C(=O)O)[C@@H](C)O)C(=O)NCCc1ccccc1. The molecule has 2 aromatic rings. The van der Waals surface area contributed by atoms with Crippen LogP contribution in [0.2, 0.25) is 0 Å². The van der Waals surface area contributed by atoms with E-state index in [1.165, 1.54) is 6.92 Å². The fraction of sp³-hybridized carbons (Fsp3) is 0.596. The summed E-state index contributed by atoms with van der Waals surface area (Å²) in [6, 6.07) is 14.1. The molecule has 62 heavy (non-hydrogen) atoms. The van der Waals surface area contributed by atoms with Crippen molar-refractivity contribution < 1.29 is 43.8 Å². The van der Waals surface area contributed by atoms with Crippen LogP contribution in [0.4, 0.5) is 0 Å². The average molecular weight is 865 g/mol. The third-order valence-electron chi connectivity index (χ3n) is 10.5. The van der Waals surface area contributed by atoms with E-state index in [0.29, 0.717) is 37.8 Å². The number of nitrogens with two attached hydrogens (primary N) is 1. The molecule has 0 radical (unpaired) electrons. The molecule has 344 valence electrons. The smallest absolute Gasteiger partial charge is 0.326 e. The summed E-state index contributed by atoms with van der Waals surface area (Å²) in [5, 5.41) is 33.2. The van der Waals surface area contributed by atoms with Crippen molar-refractivity contribution >= 4 is 41.4 Å². The Bertz CT molecular complexity index is 1660. The number of amides is 6. The van der Waals surface area contributed by atoms with Crippen LogP contribution in [0, 0.1) is 5.92 Å². The Morgan fingerprint density at radius 3 is 1.50 bits per heavy atom. The number of carbonyl (C=O) groups is 7. The van der Waals surface area contributed by atoms with Crippen LogP contribution in [-0.4, -0.2) is 88.4 Å². The molecule has 2 aromatic carbocycles. The van der Waals surface area contributed by atoms with Crippen molar-refractivity contribution in [1.82, 2.24) is 26.6 Å². The number of nitrogens with one attached hydrogen (secondary N) is 5. The third kappa shape index (κ3) is 23.6. The number of carbonyl (C=O) groups excluding carboxylic acids is 6. The van der Waals surface area contributed by atoms with Gasteiger partial charge >= 0.3 is 5.97 Å². The van der Waals surface area contributed by atoms with E-state index in [1.807, 2.05) is 44.2 Å². The molecular formula is C47H72N6O9. The summed E-state index contributed by atoms with van der Waals surface area (Å²) in [7, 11) is 0. The zero-order chi connectivity index (χ0) is 45.7. The van der Waals surface area contributed by atoms with Crippen molar-refractivity contribution in [2.45, 2.75) is 167 Å². The number of carboxylic acid groups (broad SMARTS) is 1. The van der Waals surface area contributed by atoms with E-state index in [-0.39, 0.29) is 37.0 Å². The Balaban J connectivity index is 1.57. The molecule has 6 amide bonds. The van der Waals surface area contributed by atoms with Gasteiger partial charge in [-0.1, -0.05) is 139 Å². The minimum absolute atomic E-state index is 0.0422. The van der Waals surface area contributed by atoms with Crippen LogP contribution in [0.25, 0.3) is 0 Å². The monoisotopic (exact) mass is 865 g/mol. The number of carboxylic acids is 1. The Morgan fingerprint density at radius 2 is 1.03 bits per heavy atom. The lowest BCUT2D eigenvalue weighted by Crippen LogP contribution is -2.57. The van der Waals surface area contributed by atoms with Crippen LogP contribution < -0.4 is 32.3 Å². The molecule has 0 saturated carbocycles. The fourth-order valence-electron chi connectivity index (χ4n) is 7.05. The molecule has 0 aromatic heterocycles. The number of primary amides is 1. The normalized spacial score (nSPS) is 13.5. The Morgan fingerprint density at radius 1 is 0.565 bits per heavy atom. The molecule has 5 atom stereocenters. The number of aliphatic hydroxyl groups excluding tert-OH is 1. The highest BCUT2D eigenvalue weighted by molar-refractivity contribution is 5.94. The highest BCUT2D eigenvalue weighted by Gasteiger charge is 2.31. The summed E-state index contributed by atoms with van der Waals surface area (Å²) in [6.45, 7) is 5.78. The minimum atomic E-state index is -1.27. The maximum Gasteiger partial charge on any atom is 0.326 e. The van der Waals surface area contributed by atoms with E-state index in [1.54, 1.807) is 30.3 Å². The minimum Gasteiger partial charge on any atom is -0.480 e. The first kappa shape index (κ1) is 52.8. The van der Waals surface area contributed by atoms with Gasteiger partial charge in [-0.3, -0.25) is 28.8 Å². The summed E-state index contributed by atoms with van der Waals surface area (Å²) >= 11 is 0. The van der Waals surface area contributed by atoms with E-state index < -0.39 is 66.3 Å². The largest absolute Gasteiger partial charge is 0.480 e. The first-order valence-electron chi connectivity index (χ1n) is 22.4. The Kier molecular flexibility index (Phi) is 26.1.